The molecule has 0 fully saturated rings. The van der Waals surface area contributed by atoms with E-state index in [1.165, 1.54) is 6.07 Å². The predicted octanol–water partition coefficient (Wildman–Crippen LogP) is 4.55. The molecule has 0 saturated heterocycles. The first-order chi connectivity index (χ1) is 10.4. The molecule has 118 valence electrons. The van der Waals surface area contributed by atoms with Gasteiger partial charge in [0.2, 0.25) is 0 Å². The lowest BCUT2D eigenvalue weighted by Gasteiger charge is -2.20. The molecule has 4 heteroatoms. The van der Waals surface area contributed by atoms with E-state index in [1.807, 2.05) is 37.3 Å². The summed E-state index contributed by atoms with van der Waals surface area (Å²) in [5.41, 5.74) is 7.12. The fraction of sp³-hybridized carbons (Fsp3) is 0.333. The van der Waals surface area contributed by atoms with Crippen LogP contribution in [-0.4, -0.2) is 6.54 Å². The molecule has 0 aliphatic heterocycles. The molecule has 0 radical (unpaired) electrons. The van der Waals surface area contributed by atoms with E-state index in [0.29, 0.717) is 30.5 Å². The Morgan fingerprint density at radius 2 is 1.68 bits per heavy atom. The number of rotatable bonds is 5. The van der Waals surface area contributed by atoms with Crippen molar-refractivity contribution in [2.75, 3.05) is 6.54 Å². The van der Waals surface area contributed by atoms with Crippen LogP contribution in [0.25, 0.3) is 0 Å². The van der Waals surface area contributed by atoms with Crippen LogP contribution in [0, 0.1) is 0 Å². The third-order valence-corrected chi connectivity index (χ3v) is 3.87. The summed E-state index contributed by atoms with van der Waals surface area (Å²) in [5, 5.41) is 0. The molecule has 2 rings (SSSR count). The second-order valence-corrected chi connectivity index (χ2v) is 5.50. The van der Waals surface area contributed by atoms with Gasteiger partial charge in [-0.2, -0.15) is 13.2 Å². The summed E-state index contributed by atoms with van der Waals surface area (Å²) in [6, 6.07) is 14.0. The van der Waals surface area contributed by atoms with Crippen molar-refractivity contribution >= 4 is 0 Å². The fourth-order valence-electron chi connectivity index (χ4n) is 2.74. The van der Waals surface area contributed by atoms with Crippen LogP contribution in [0.4, 0.5) is 13.2 Å². The Morgan fingerprint density at radius 3 is 2.27 bits per heavy atom. The third-order valence-electron chi connectivity index (χ3n) is 3.87. The van der Waals surface area contributed by atoms with E-state index in [9.17, 15) is 13.2 Å². The molecule has 1 nitrogen and oxygen atoms in total. The molecule has 0 aliphatic carbocycles. The highest BCUT2D eigenvalue weighted by Crippen LogP contribution is 2.36. The van der Waals surface area contributed by atoms with Gasteiger partial charge >= 0.3 is 6.18 Å². The van der Waals surface area contributed by atoms with Crippen molar-refractivity contribution in [1.29, 1.82) is 0 Å². The molecule has 0 bridgehead atoms. The lowest BCUT2D eigenvalue weighted by atomic mass is 9.87. The average molecular weight is 307 g/mol. The number of benzene rings is 2. The summed E-state index contributed by atoms with van der Waals surface area (Å²) in [7, 11) is 0. The van der Waals surface area contributed by atoms with Gasteiger partial charge in [0.1, 0.15) is 0 Å². The molecule has 0 heterocycles. The molecule has 0 aliphatic rings. The fourth-order valence-corrected chi connectivity index (χ4v) is 2.74. The van der Waals surface area contributed by atoms with Gasteiger partial charge in [0.15, 0.2) is 0 Å². The minimum Gasteiger partial charge on any atom is -0.330 e. The maximum absolute atomic E-state index is 13.3. The largest absolute Gasteiger partial charge is 0.416 e. The Hall–Kier alpha value is -1.81. The Morgan fingerprint density at radius 1 is 1.00 bits per heavy atom. The van der Waals surface area contributed by atoms with Crippen LogP contribution in [0.2, 0.25) is 0 Å². The van der Waals surface area contributed by atoms with Crippen LogP contribution in [0.5, 0.6) is 0 Å². The van der Waals surface area contributed by atoms with Crippen molar-refractivity contribution in [3.8, 4) is 0 Å². The van der Waals surface area contributed by atoms with Crippen LogP contribution >= 0.6 is 0 Å². The topological polar surface area (TPSA) is 26.0 Å². The van der Waals surface area contributed by atoms with Gasteiger partial charge in [-0.05, 0) is 48.1 Å². The molecule has 2 aromatic carbocycles. The summed E-state index contributed by atoms with van der Waals surface area (Å²) < 4.78 is 39.9. The van der Waals surface area contributed by atoms with Crippen molar-refractivity contribution in [3.63, 3.8) is 0 Å². The molecule has 22 heavy (non-hydrogen) atoms. The van der Waals surface area contributed by atoms with Crippen molar-refractivity contribution in [1.82, 2.24) is 0 Å². The number of hydrogen-bond donors (Lipinski definition) is 1. The zero-order valence-corrected chi connectivity index (χ0v) is 12.5. The SMILES string of the molecule is CC(Cc1c(CCN)cccc1C(F)(F)F)c1ccccc1. The number of alkyl halides is 3. The second-order valence-electron chi connectivity index (χ2n) is 5.50. The minimum absolute atomic E-state index is 0.0150. The number of halogens is 3. The second kappa shape index (κ2) is 6.97. The predicted molar refractivity (Wildman–Crippen MR) is 82.8 cm³/mol. The van der Waals surface area contributed by atoms with Crippen LogP contribution in [0.15, 0.2) is 48.5 Å². The Labute approximate surface area is 129 Å². The van der Waals surface area contributed by atoms with E-state index in [0.717, 1.165) is 11.6 Å². The normalized spacial score (nSPS) is 13.1. The first-order valence-electron chi connectivity index (χ1n) is 7.36. The van der Waals surface area contributed by atoms with E-state index in [-0.39, 0.29) is 5.92 Å². The van der Waals surface area contributed by atoms with E-state index in [4.69, 9.17) is 5.73 Å². The van der Waals surface area contributed by atoms with E-state index < -0.39 is 11.7 Å². The van der Waals surface area contributed by atoms with Gasteiger partial charge in [-0.3, -0.25) is 0 Å². The zero-order valence-electron chi connectivity index (χ0n) is 12.5. The van der Waals surface area contributed by atoms with Crippen molar-refractivity contribution in [2.45, 2.75) is 31.9 Å². The van der Waals surface area contributed by atoms with Crippen molar-refractivity contribution in [2.24, 2.45) is 5.73 Å². The van der Waals surface area contributed by atoms with Crippen LogP contribution < -0.4 is 5.73 Å². The van der Waals surface area contributed by atoms with E-state index in [2.05, 4.69) is 0 Å². The summed E-state index contributed by atoms with van der Waals surface area (Å²) in [4.78, 5) is 0. The summed E-state index contributed by atoms with van der Waals surface area (Å²) in [6.07, 6.45) is -3.52. The molecule has 2 aromatic rings. The van der Waals surface area contributed by atoms with E-state index in [1.54, 1.807) is 6.07 Å². The molecule has 1 atom stereocenters. The van der Waals surface area contributed by atoms with Gasteiger partial charge in [0.05, 0.1) is 5.56 Å². The maximum atomic E-state index is 13.3. The zero-order chi connectivity index (χ0) is 16.2. The lowest BCUT2D eigenvalue weighted by molar-refractivity contribution is -0.138. The molecular formula is C18H20F3N. The van der Waals surface area contributed by atoms with Gasteiger partial charge in [0, 0.05) is 0 Å². The Bertz CT molecular complexity index is 605. The maximum Gasteiger partial charge on any atom is 0.416 e. The van der Waals surface area contributed by atoms with Gasteiger partial charge in [-0.1, -0.05) is 49.4 Å². The van der Waals surface area contributed by atoms with Crippen LogP contribution in [0.3, 0.4) is 0 Å². The standard InChI is InChI=1S/C18H20F3N/c1-13(14-6-3-2-4-7-14)12-16-15(10-11-22)8-5-9-17(16)18(19,20)21/h2-9,13H,10-12,22H2,1H3. The van der Waals surface area contributed by atoms with Gasteiger partial charge < -0.3 is 5.73 Å². The summed E-state index contributed by atoms with van der Waals surface area (Å²) in [6.45, 7) is 2.29. The lowest BCUT2D eigenvalue weighted by Crippen LogP contribution is -2.15. The first-order valence-corrected chi connectivity index (χ1v) is 7.36. The molecule has 0 spiro atoms. The Kier molecular flexibility index (Phi) is 5.24. The third kappa shape index (κ3) is 3.89. The highest BCUT2D eigenvalue weighted by atomic mass is 19.4. The molecule has 0 amide bonds. The number of nitrogens with two attached hydrogens (primary N) is 1. The molecular weight excluding hydrogens is 287 g/mol. The summed E-state index contributed by atoms with van der Waals surface area (Å²) in [5.74, 6) is 0.0150. The Balaban J connectivity index is 2.39. The highest BCUT2D eigenvalue weighted by molar-refractivity contribution is 5.39. The minimum atomic E-state index is -4.34. The molecule has 2 N–H and O–H groups in total. The van der Waals surface area contributed by atoms with E-state index >= 15 is 0 Å². The monoisotopic (exact) mass is 307 g/mol. The van der Waals surface area contributed by atoms with Crippen LogP contribution in [-0.2, 0) is 19.0 Å². The summed E-state index contributed by atoms with van der Waals surface area (Å²) >= 11 is 0. The average Bonchev–Trinajstić information content (AvgIpc) is 2.49. The van der Waals surface area contributed by atoms with Crippen molar-refractivity contribution in [3.05, 3.63) is 70.8 Å². The first kappa shape index (κ1) is 16.6. The van der Waals surface area contributed by atoms with Gasteiger partial charge in [-0.15, -0.1) is 0 Å². The van der Waals surface area contributed by atoms with Crippen molar-refractivity contribution < 1.29 is 13.2 Å². The quantitative estimate of drug-likeness (QED) is 0.861. The van der Waals surface area contributed by atoms with Crippen LogP contribution in [0.1, 0.15) is 35.1 Å². The molecule has 0 aromatic heterocycles. The van der Waals surface area contributed by atoms with Gasteiger partial charge in [0.25, 0.3) is 0 Å². The highest BCUT2D eigenvalue weighted by Gasteiger charge is 2.34. The smallest absolute Gasteiger partial charge is 0.330 e. The van der Waals surface area contributed by atoms with Gasteiger partial charge in [-0.25, -0.2) is 0 Å². The molecule has 0 saturated carbocycles. The number of hydrogen-bond acceptors (Lipinski definition) is 1. The molecule has 1 unspecified atom stereocenters.